The summed E-state index contributed by atoms with van der Waals surface area (Å²) < 4.78 is 47.4. The molecule has 1 heterocycles. The third-order valence-electron chi connectivity index (χ3n) is 11.7. The molecule has 3 unspecified atom stereocenters. The van der Waals surface area contributed by atoms with Gasteiger partial charge in [-0.3, -0.25) is 19.2 Å². The molecule has 3 atom stereocenters. The molecule has 0 aromatic carbocycles. The lowest BCUT2D eigenvalue weighted by molar-refractivity contribution is -0.214. The highest BCUT2D eigenvalue weighted by Gasteiger charge is 2.59. The number of urea groups is 1. The second kappa shape index (κ2) is 14.0. The van der Waals surface area contributed by atoms with Gasteiger partial charge in [-0.2, -0.15) is 0 Å². The number of rotatable bonds is 14. The number of hydrogen-bond acceptors (Lipinski definition) is 11. The standard InChI is InChI=1S/C35H56N2O11S/c1-9-32(4,28(40)48-35(7)24-15-22-14-23(17-24)18-25(35)16-22)21-33(5,29(41)47-34(6)10-12-45-26(38)19-34)20-31(2,3)27(39)46-13-11-36-30(42)37-49(8,43)44/h22-25H,9-21H2,1-8H3,(H2,36,37,42). The first-order valence-electron chi connectivity index (χ1n) is 17.6. The van der Waals surface area contributed by atoms with Crippen LogP contribution < -0.4 is 10.0 Å². The van der Waals surface area contributed by atoms with Gasteiger partial charge >= 0.3 is 29.9 Å². The van der Waals surface area contributed by atoms with Crippen molar-refractivity contribution in [2.45, 2.75) is 124 Å². The minimum absolute atomic E-state index is 0.0231. The topological polar surface area (TPSA) is 180 Å². The summed E-state index contributed by atoms with van der Waals surface area (Å²) in [5.41, 5.74) is -5.44. The van der Waals surface area contributed by atoms with E-state index in [0.717, 1.165) is 31.9 Å². The SMILES string of the molecule is CCC(C)(CC(C)(CC(C)(C)C(=O)OCCNC(=O)NS(C)(=O)=O)C(=O)OC1(C)CCOC(=O)C1)C(=O)OC1(C)C2CC3CC(C2)CC1C3. The van der Waals surface area contributed by atoms with E-state index in [0.29, 0.717) is 36.5 Å². The quantitative estimate of drug-likeness (QED) is 0.148. The Kier molecular flexibility index (Phi) is 11.1. The van der Waals surface area contributed by atoms with Crippen LogP contribution in [0.4, 0.5) is 4.79 Å². The van der Waals surface area contributed by atoms with Crippen molar-refractivity contribution < 1.29 is 51.3 Å². The lowest BCUT2D eigenvalue weighted by Crippen LogP contribution is -2.59. The molecule has 2 amide bonds. The lowest BCUT2D eigenvalue weighted by atomic mass is 9.50. The number of cyclic esters (lactones) is 1. The highest BCUT2D eigenvalue weighted by atomic mass is 32.2. The summed E-state index contributed by atoms with van der Waals surface area (Å²) in [6.07, 6.45) is 6.91. The van der Waals surface area contributed by atoms with Crippen LogP contribution in [0.5, 0.6) is 0 Å². The third kappa shape index (κ3) is 9.07. The summed E-state index contributed by atoms with van der Waals surface area (Å²) in [7, 11) is -3.76. The molecule has 5 rings (SSSR count). The smallest absolute Gasteiger partial charge is 0.328 e. The second-order valence-corrected chi connectivity index (χ2v) is 18.6. The van der Waals surface area contributed by atoms with Gasteiger partial charge in [0, 0.05) is 6.42 Å². The first kappa shape index (κ1) is 38.9. The van der Waals surface area contributed by atoms with Crippen LogP contribution >= 0.6 is 0 Å². The minimum Gasteiger partial charge on any atom is -0.465 e. The number of esters is 4. The van der Waals surface area contributed by atoms with Gasteiger partial charge in [0.05, 0.1) is 42.1 Å². The predicted octanol–water partition coefficient (Wildman–Crippen LogP) is 4.41. The molecule has 2 N–H and O–H groups in total. The maximum atomic E-state index is 14.3. The van der Waals surface area contributed by atoms with Gasteiger partial charge in [-0.15, -0.1) is 0 Å². The molecule has 4 aliphatic carbocycles. The Hall–Kier alpha value is -2.90. The Morgan fingerprint density at radius 3 is 1.98 bits per heavy atom. The van der Waals surface area contributed by atoms with Crippen LogP contribution in [0.2, 0.25) is 0 Å². The number of hydrogen-bond donors (Lipinski definition) is 2. The van der Waals surface area contributed by atoms with Gasteiger partial charge in [0.15, 0.2) is 0 Å². The van der Waals surface area contributed by atoms with E-state index in [1.54, 1.807) is 39.3 Å². The number of sulfonamides is 1. The van der Waals surface area contributed by atoms with E-state index in [1.807, 2.05) is 6.92 Å². The van der Waals surface area contributed by atoms with Crippen LogP contribution in [-0.4, -0.2) is 75.5 Å². The van der Waals surface area contributed by atoms with Gasteiger partial charge in [0.1, 0.15) is 17.8 Å². The zero-order valence-electron chi connectivity index (χ0n) is 30.4. The van der Waals surface area contributed by atoms with Crippen LogP contribution in [0, 0.1) is 39.9 Å². The monoisotopic (exact) mass is 712 g/mol. The fourth-order valence-electron chi connectivity index (χ4n) is 9.03. The van der Waals surface area contributed by atoms with Crippen molar-refractivity contribution in [2.24, 2.45) is 39.9 Å². The predicted molar refractivity (Wildman–Crippen MR) is 178 cm³/mol. The van der Waals surface area contributed by atoms with Gasteiger partial charge in [-0.1, -0.05) is 6.92 Å². The molecule has 0 aromatic heterocycles. The van der Waals surface area contributed by atoms with Crippen LogP contribution in [-0.2, 0) is 48.1 Å². The molecule has 13 nitrogen and oxygen atoms in total. The molecule has 4 saturated carbocycles. The average Bonchev–Trinajstić information content (AvgIpc) is 2.96. The number of carbonyl (C=O) groups excluding carboxylic acids is 5. The van der Waals surface area contributed by atoms with E-state index in [-0.39, 0.29) is 45.0 Å². The van der Waals surface area contributed by atoms with E-state index in [2.05, 4.69) is 12.2 Å². The fourth-order valence-corrected chi connectivity index (χ4v) is 9.44. The highest BCUT2D eigenvalue weighted by molar-refractivity contribution is 7.89. The Labute approximate surface area is 290 Å². The normalized spacial score (nSPS) is 31.8. The van der Waals surface area contributed by atoms with Crippen molar-refractivity contribution >= 4 is 39.9 Å². The fraction of sp³-hybridized carbons (Fsp3) is 0.857. The zero-order valence-corrected chi connectivity index (χ0v) is 31.2. The van der Waals surface area contributed by atoms with E-state index in [9.17, 15) is 32.4 Å². The molecule has 5 aliphatic rings. The first-order valence-corrected chi connectivity index (χ1v) is 19.5. The molecule has 14 heteroatoms. The number of carbonyl (C=O) groups is 5. The molecule has 49 heavy (non-hydrogen) atoms. The van der Waals surface area contributed by atoms with Gasteiger partial charge < -0.3 is 24.3 Å². The van der Waals surface area contributed by atoms with Gasteiger partial charge in [0.25, 0.3) is 0 Å². The van der Waals surface area contributed by atoms with E-state index in [1.165, 1.54) is 6.42 Å². The van der Waals surface area contributed by atoms with E-state index >= 15 is 0 Å². The third-order valence-corrected chi connectivity index (χ3v) is 12.2. The molecule has 0 aromatic rings. The van der Waals surface area contributed by atoms with Crippen LogP contribution in [0.1, 0.15) is 113 Å². The summed E-state index contributed by atoms with van der Waals surface area (Å²) in [5, 5.41) is 2.30. The summed E-state index contributed by atoms with van der Waals surface area (Å²) in [6.45, 7) is 12.1. The molecular formula is C35H56N2O11S. The summed E-state index contributed by atoms with van der Waals surface area (Å²) in [6, 6.07) is -0.957. The Balaban J connectivity index is 1.52. The molecule has 1 aliphatic heterocycles. The number of ether oxygens (including phenoxy) is 4. The van der Waals surface area contributed by atoms with Gasteiger partial charge in [-0.05, 0) is 117 Å². The number of amides is 2. The van der Waals surface area contributed by atoms with Crippen molar-refractivity contribution in [3.05, 3.63) is 0 Å². The number of nitrogens with one attached hydrogen (secondary N) is 2. The largest absolute Gasteiger partial charge is 0.465 e. The van der Waals surface area contributed by atoms with Crippen LogP contribution in [0.3, 0.4) is 0 Å². The van der Waals surface area contributed by atoms with Crippen molar-refractivity contribution in [1.29, 1.82) is 0 Å². The maximum absolute atomic E-state index is 14.3. The molecule has 5 fully saturated rings. The lowest BCUT2D eigenvalue weighted by Gasteiger charge is -2.59. The van der Waals surface area contributed by atoms with Crippen molar-refractivity contribution in [3.63, 3.8) is 0 Å². The summed E-state index contributed by atoms with van der Waals surface area (Å²) >= 11 is 0. The minimum atomic E-state index is -3.76. The van der Waals surface area contributed by atoms with Crippen molar-refractivity contribution in [3.8, 4) is 0 Å². The molecule has 4 bridgehead atoms. The molecule has 0 spiro atoms. The zero-order chi connectivity index (χ0) is 36.6. The van der Waals surface area contributed by atoms with Crippen molar-refractivity contribution in [2.75, 3.05) is 26.0 Å². The highest BCUT2D eigenvalue weighted by Crippen LogP contribution is 2.60. The van der Waals surface area contributed by atoms with Crippen LogP contribution in [0.25, 0.3) is 0 Å². The molecule has 1 saturated heterocycles. The average molecular weight is 713 g/mol. The first-order chi connectivity index (χ1) is 22.5. The Morgan fingerprint density at radius 2 is 1.45 bits per heavy atom. The van der Waals surface area contributed by atoms with Gasteiger partial charge in [-0.25, -0.2) is 17.9 Å². The molecule has 278 valence electrons. The van der Waals surface area contributed by atoms with Gasteiger partial charge in [0.2, 0.25) is 10.0 Å². The molecular weight excluding hydrogens is 656 g/mol. The van der Waals surface area contributed by atoms with E-state index < -0.39 is 61.4 Å². The second-order valence-electron chi connectivity index (χ2n) is 16.8. The summed E-state index contributed by atoms with van der Waals surface area (Å²) in [5.74, 6) is -0.110. The van der Waals surface area contributed by atoms with E-state index in [4.69, 9.17) is 18.9 Å². The Morgan fingerprint density at radius 1 is 0.878 bits per heavy atom. The van der Waals surface area contributed by atoms with Crippen molar-refractivity contribution in [1.82, 2.24) is 10.0 Å². The molecule has 0 radical (unpaired) electrons. The summed E-state index contributed by atoms with van der Waals surface area (Å²) in [4.78, 5) is 65.9. The van der Waals surface area contributed by atoms with Crippen LogP contribution in [0.15, 0.2) is 0 Å². The Bertz CT molecular complexity index is 1400. The maximum Gasteiger partial charge on any atom is 0.328 e.